The SMILES string of the molecule is Cc1csc2nc(COC(=O)c3ccc4c(c3)NC(=O)CS4)cc(=O)n12. The van der Waals surface area contributed by atoms with Crippen molar-refractivity contribution in [3.8, 4) is 0 Å². The fraction of sp³-hybridized carbons (Fsp3) is 0.176. The van der Waals surface area contributed by atoms with E-state index in [0.29, 0.717) is 27.7 Å². The summed E-state index contributed by atoms with van der Waals surface area (Å²) in [4.78, 5) is 41.7. The van der Waals surface area contributed by atoms with Gasteiger partial charge in [0.2, 0.25) is 5.91 Å². The van der Waals surface area contributed by atoms with Crippen LogP contribution in [0.15, 0.2) is 39.3 Å². The molecule has 4 rings (SSSR count). The van der Waals surface area contributed by atoms with Gasteiger partial charge in [0.15, 0.2) is 4.96 Å². The molecule has 0 fully saturated rings. The summed E-state index contributed by atoms with van der Waals surface area (Å²) in [5, 5.41) is 4.58. The molecule has 0 aliphatic carbocycles. The van der Waals surface area contributed by atoms with Gasteiger partial charge in [0.25, 0.3) is 5.56 Å². The van der Waals surface area contributed by atoms with Gasteiger partial charge in [0.1, 0.15) is 6.61 Å². The fourth-order valence-electron chi connectivity index (χ4n) is 2.61. The van der Waals surface area contributed by atoms with Crippen LogP contribution in [0, 0.1) is 6.92 Å². The third-order valence-electron chi connectivity index (χ3n) is 3.83. The summed E-state index contributed by atoms with van der Waals surface area (Å²) >= 11 is 2.78. The number of thiazole rings is 1. The van der Waals surface area contributed by atoms with E-state index >= 15 is 0 Å². The first-order chi connectivity index (χ1) is 12.5. The molecular formula is C17H13N3O4S2. The van der Waals surface area contributed by atoms with Gasteiger partial charge in [-0.05, 0) is 25.1 Å². The van der Waals surface area contributed by atoms with Crippen molar-refractivity contribution in [2.45, 2.75) is 18.4 Å². The van der Waals surface area contributed by atoms with Gasteiger partial charge in [0.05, 0.1) is 22.7 Å². The summed E-state index contributed by atoms with van der Waals surface area (Å²) in [5.41, 5.74) is 1.95. The number of hydrogen-bond acceptors (Lipinski definition) is 7. The van der Waals surface area contributed by atoms with E-state index in [1.54, 1.807) is 18.2 Å². The molecule has 3 aromatic rings. The van der Waals surface area contributed by atoms with Gasteiger partial charge >= 0.3 is 5.97 Å². The van der Waals surface area contributed by atoms with Crippen molar-refractivity contribution in [3.05, 3.63) is 57.0 Å². The highest BCUT2D eigenvalue weighted by Gasteiger charge is 2.18. The lowest BCUT2D eigenvalue weighted by molar-refractivity contribution is -0.113. The number of benzene rings is 1. The minimum absolute atomic E-state index is 0.0975. The number of carbonyl (C=O) groups excluding carboxylic acids is 2. The Morgan fingerprint density at radius 3 is 3.04 bits per heavy atom. The number of nitrogens with zero attached hydrogens (tertiary/aromatic N) is 2. The summed E-state index contributed by atoms with van der Waals surface area (Å²) in [6.45, 7) is 1.74. The quantitative estimate of drug-likeness (QED) is 0.695. The third-order valence-corrected chi connectivity index (χ3v) is 5.85. The number of nitrogens with one attached hydrogen (secondary N) is 1. The first-order valence-electron chi connectivity index (χ1n) is 7.72. The van der Waals surface area contributed by atoms with Crippen LogP contribution < -0.4 is 10.9 Å². The molecule has 0 atom stereocenters. The number of aryl methyl sites for hydroxylation is 1. The largest absolute Gasteiger partial charge is 0.456 e. The maximum atomic E-state index is 12.3. The van der Waals surface area contributed by atoms with E-state index in [-0.39, 0.29) is 18.1 Å². The number of thioether (sulfide) groups is 1. The molecule has 9 heteroatoms. The molecule has 2 aromatic heterocycles. The van der Waals surface area contributed by atoms with E-state index in [9.17, 15) is 14.4 Å². The maximum Gasteiger partial charge on any atom is 0.338 e. The summed E-state index contributed by atoms with van der Waals surface area (Å²) in [6.07, 6.45) is 0. The molecule has 3 heterocycles. The van der Waals surface area contributed by atoms with E-state index in [0.717, 1.165) is 10.6 Å². The van der Waals surface area contributed by atoms with Crippen LogP contribution in [0.2, 0.25) is 0 Å². The highest BCUT2D eigenvalue weighted by atomic mass is 32.2. The van der Waals surface area contributed by atoms with Crippen LogP contribution in [-0.4, -0.2) is 27.0 Å². The van der Waals surface area contributed by atoms with Gasteiger partial charge in [0, 0.05) is 22.0 Å². The molecule has 0 bridgehead atoms. The molecule has 7 nitrogen and oxygen atoms in total. The predicted molar refractivity (Wildman–Crippen MR) is 99.0 cm³/mol. The average Bonchev–Trinajstić information content (AvgIpc) is 3.00. The average molecular weight is 387 g/mol. The number of aromatic nitrogens is 2. The normalized spacial score (nSPS) is 13.3. The molecule has 1 aliphatic heterocycles. The Bertz CT molecular complexity index is 1100. The van der Waals surface area contributed by atoms with E-state index in [4.69, 9.17) is 4.74 Å². The number of anilines is 1. The van der Waals surface area contributed by atoms with Crippen LogP contribution in [0.4, 0.5) is 5.69 Å². The van der Waals surface area contributed by atoms with Crippen molar-refractivity contribution < 1.29 is 14.3 Å². The Morgan fingerprint density at radius 2 is 2.19 bits per heavy atom. The second-order valence-electron chi connectivity index (χ2n) is 5.70. The van der Waals surface area contributed by atoms with E-state index in [1.807, 2.05) is 12.3 Å². The Kier molecular flexibility index (Phi) is 4.25. The van der Waals surface area contributed by atoms with Crippen molar-refractivity contribution in [2.75, 3.05) is 11.1 Å². The number of esters is 1. The molecule has 0 unspecified atom stereocenters. The highest BCUT2D eigenvalue weighted by molar-refractivity contribution is 8.00. The zero-order chi connectivity index (χ0) is 18.3. The van der Waals surface area contributed by atoms with E-state index in [1.165, 1.54) is 33.6 Å². The molecule has 1 aliphatic rings. The van der Waals surface area contributed by atoms with Crippen molar-refractivity contribution in [2.24, 2.45) is 0 Å². The van der Waals surface area contributed by atoms with Crippen LogP contribution in [0.5, 0.6) is 0 Å². The van der Waals surface area contributed by atoms with Gasteiger partial charge in [-0.3, -0.25) is 14.0 Å². The molecule has 1 N–H and O–H groups in total. The van der Waals surface area contributed by atoms with E-state index in [2.05, 4.69) is 10.3 Å². The molecule has 26 heavy (non-hydrogen) atoms. The topological polar surface area (TPSA) is 89.8 Å². The Morgan fingerprint density at radius 1 is 1.35 bits per heavy atom. The highest BCUT2D eigenvalue weighted by Crippen LogP contribution is 2.32. The number of amides is 1. The lowest BCUT2D eigenvalue weighted by Gasteiger charge is -2.16. The molecule has 0 spiro atoms. The van der Waals surface area contributed by atoms with Crippen LogP contribution >= 0.6 is 23.1 Å². The first kappa shape index (κ1) is 16.8. The summed E-state index contributed by atoms with van der Waals surface area (Å²) in [7, 11) is 0. The van der Waals surface area contributed by atoms with E-state index < -0.39 is 5.97 Å². The van der Waals surface area contributed by atoms with Crippen LogP contribution in [0.25, 0.3) is 4.96 Å². The number of rotatable bonds is 3. The minimum Gasteiger partial charge on any atom is -0.456 e. The van der Waals surface area contributed by atoms with Crippen molar-refractivity contribution >= 4 is 45.6 Å². The molecule has 0 saturated carbocycles. The Labute approximate surface area is 156 Å². The molecule has 0 saturated heterocycles. The standard InChI is InChI=1S/C17H13N3O4S2/c1-9-7-26-17-18-11(5-15(22)20(9)17)6-24-16(23)10-2-3-13-12(4-10)19-14(21)8-25-13/h2-5,7H,6,8H2,1H3,(H,19,21). The van der Waals surface area contributed by atoms with Crippen LogP contribution in [0.3, 0.4) is 0 Å². The first-order valence-corrected chi connectivity index (χ1v) is 9.58. The molecular weight excluding hydrogens is 374 g/mol. The van der Waals surface area contributed by atoms with Gasteiger partial charge < -0.3 is 10.1 Å². The van der Waals surface area contributed by atoms with Gasteiger partial charge in [-0.15, -0.1) is 23.1 Å². The second-order valence-corrected chi connectivity index (χ2v) is 7.56. The zero-order valence-corrected chi connectivity index (χ0v) is 15.3. The summed E-state index contributed by atoms with van der Waals surface area (Å²) in [5.74, 6) is -0.276. The second kappa shape index (κ2) is 6.58. The van der Waals surface area contributed by atoms with Gasteiger partial charge in [-0.25, -0.2) is 9.78 Å². The maximum absolute atomic E-state index is 12.3. The molecule has 0 radical (unpaired) electrons. The fourth-order valence-corrected chi connectivity index (χ4v) is 4.29. The summed E-state index contributed by atoms with van der Waals surface area (Å²) < 4.78 is 6.79. The predicted octanol–water partition coefficient (Wildman–Crippen LogP) is 2.47. The van der Waals surface area contributed by atoms with Crippen LogP contribution in [0.1, 0.15) is 21.7 Å². The van der Waals surface area contributed by atoms with Gasteiger partial charge in [-0.1, -0.05) is 0 Å². The van der Waals surface area contributed by atoms with Crippen molar-refractivity contribution in [3.63, 3.8) is 0 Å². The summed E-state index contributed by atoms with van der Waals surface area (Å²) in [6, 6.07) is 6.39. The molecule has 132 valence electrons. The lowest BCUT2D eigenvalue weighted by Crippen LogP contribution is -2.19. The number of carbonyl (C=O) groups is 2. The monoisotopic (exact) mass is 387 g/mol. The Hall–Kier alpha value is -2.65. The van der Waals surface area contributed by atoms with Gasteiger partial charge in [-0.2, -0.15) is 0 Å². The minimum atomic E-state index is -0.540. The number of ether oxygens (including phenoxy) is 1. The zero-order valence-electron chi connectivity index (χ0n) is 13.6. The number of hydrogen-bond donors (Lipinski definition) is 1. The lowest BCUT2D eigenvalue weighted by atomic mass is 10.2. The van der Waals surface area contributed by atoms with Crippen molar-refractivity contribution in [1.29, 1.82) is 0 Å². The third kappa shape index (κ3) is 3.11. The molecule has 1 amide bonds. The molecule has 1 aromatic carbocycles. The smallest absolute Gasteiger partial charge is 0.338 e. The van der Waals surface area contributed by atoms with Crippen LogP contribution in [-0.2, 0) is 16.1 Å². The van der Waals surface area contributed by atoms with Crippen molar-refractivity contribution in [1.82, 2.24) is 9.38 Å². The number of fused-ring (bicyclic) bond motifs is 2. The Balaban J connectivity index is 1.51.